The molecule has 0 radical (unpaired) electrons. The number of hydrogen-bond donors (Lipinski definition) is 0. The van der Waals surface area contributed by atoms with E-state index in [4.69, 9.17) is 0 Å². The van der Waals surface area contributed by atoms with Crippen molar-refractivity contribution in [1.29, 1.82) is 0 Å². The second-order valence-electron chi connectivity index (χ2n) is 12.5. The molecule has 0 fully saturated rings. The van der Waals surface area contributed by atoms with Gasteiger partial charge in [-0.15, -0.1) is 20.4 Å². The van der Waals surface area contributed by atoms with Crippen LogP contribution in [-0.4, -0.2) is 115 Å². The van der Waals surface area contributed by atoms with Gasteiger partial charge in [-0.2, -0.15) is 30.6 Å². The third kappa shape index (κ3) is 57.9. The average Bonchev–Trinajstić information content (AvgIpc) is 4.35. The fourth-order valence-corrected chi connectivity index (χ4v) is 3.73. The van der Waals surface area contributed by atoms with Crippen LogP contribution in [-0.2, 0) is 0 Å². The molecular weight excluding hydrogens is 949 g/mol. The lowest BCUT2D eigenvalue weighted by Crippen LogP contribution is -1.69. The maximum atomic E-state index is 4.36. The van der Waals surface area contributed by atoms with Crippen molar-refractivity contribution in [3.63, 3.8) is 0 Å². The van der Waals surface area contributed by atoms with Gasteiger partial charge in [0.2, 0.25) is 12.8 Å². The largest absolute Gasteiger partial charge is 0.431 e. The number of allylic oxidation sites excluding steroid dienone is 5. The molecule has 0 aliphatic carbocycles. The highest BCUT2D eigenvalue weighted by Crippen LogP contribution is 1.90. The summed E-state index contributed by atoms with van der Waals surface area (Å²) in [6.07, 6.45) is 60.5. The first-order valence-corrected chi connectivity index (χ1v) is 22.7. The molecule has 8 aliphatic rings. The summed E-state index contributed by atoms with van der Waals surface area (Å²) >= 11 is 0. The lowest BCUT2D eigenvalue weighted by Gasteiger charge is -1.70. The third-order valence-electron chi connectivity index (χ3n) is 6.82. The Kier molecular flexibility index (Phi) is 50.0. The average molecular weight is 1010 g/mol. The molecule has 23 nitrogen and oxygen atoms in total. The zero-order chi connectivity index (χ0) is 53.0. The molecule has 8 aliphatic heterocycles. The van der Waals surface area contributed by atoms with Gasteiger partial charge in [-0.1, -0.05) is 72.8 Å². The zero-order valence-electron chi connectivity index (χ0n) is 41.3. The van der Waals surface area contributed by atoms with Gasteiger partial charge in [0.05, 0.1) is 19.6 Å². The topological polar surface area (TPSA) is 290 Å². The molecule has 5 aromatic heterocycles. The van der Waals surface area contributed by atoms with Crippen molar-refractivity contribution in [2.75, 3.05) is 26.3 Å². The molecule has 0 saturated carbocycles. The molecule has 1 aromatic carbocycles. The van der Waals surface area contributed by atoms with E-state index in [0.717, 1.165) is 45.3 Å². The van der Waals surface area contributed by atoms with E-state index in [1.807, 2.05) is 134 Å². The molecule has 0 unspecified atom stereocenters. The van der Waals surface area contributed by atoms with E-state index < -0.39 is 0 Å². The Balaban J connectivity index is 0.000000404. The van der Waals surface area contributed by atoms with E-state index in [1.54, 1.807) is 118 Å². The predicted octanol–water partition coefficient (Wildman–Crippen LogP) is 10.6. The van der Waals surface area contributed by atoms with Crippen LogP contribution in [0.2, 0.25) is 0 Å². The Morgan fingerprint density at radius 2 is 0.787 bits per heavy atom. The monoisotopic (exact) mass is 1010 g/mol. The van der Waals surface area contributed by atoms with Crippen molar-refractivity contribution in [3.05, 3.63) is 227 Å². The van der Waals surface area contributed by atoms with Crippen LogP contribution in [0.15, 0.2) is 298 Å². The highest BCUT2D eigenvalue weighted by atomic mass is 16.3. The summed E-state index contributed by atoms with van der Waals surface area (Å²) < 4.78 is 4.36. The molecule has 0 amide bonds. The summed E-state index contributed by atoms with van der Waals surface area (Å²) in [7, 11) is 0. The molecule has 23 heteroatoms. The molecule has 0 spiro atoms. The molecule has 0 saturated heterocycles. The fraction of sp³-hybridized carbons (Fsp3) is 0.154. The van der Waals surface area contributed by atoms with Gasteiger partial charge >= 0.3 is 0 Å². The minimum absolute atomic E-state index is 0.417. The lowest BCUT2D eigenvalue weighted by molar-refractivity contribution is 0.553. The van der Waals surface area contributed by atoms with Gasteiger partial charge in [0.25, 0.3) is 0 Å². The summed E-state index contributed by atoms with van der Waals surface area (Å²) in [4.78, 5) is 37.6. The van der Waals surface area contributed by atoms with Crippen LogP contribution >= 0.6 is 0 Å². The Bertz CT molecular complexity index is 1870. The third-order valence-corrected chi connectivity index (χ3v) is 6.82. The van der Waals surface area contributed by atoms with Gasteiger partial charge < -0.3 is 4.42 Å². The van der Waals surface area contributed by atoms with E-state index in [9.17, 15) is 0 Å². The minimum atomic E-state index is 0.417. The summed E-state index contributed by atoms with van der Waals surface area (Å²) in [6, 6.07) is 23.1. The van der Waals surface area contributed by atoms with Crippen LogP contribution in [0.4, 0.5) is 0 Å². The number of azo groups is 1. The number of nitrogens with zero attached hydrogens (tertiary/aromatic N) is 22. The van der Waals surface area contributed by atoms with Crippen molar-refractivity contribution in [1.82, 2.24) is 45.3 Å². The normalized spacial score (nSPS) is 13.1. The van der Waals surface area contributed by atoms with Crippen LogP contribution < -0.4 is 0 Å². The maximum Gasteiger partial charge on any atom is 0.203 e. The first-order chi connectivity index (χ1) is 37.5. The van der Waals surface area contributed by atoms with Crippen LogP contribution in [0.1, 0.15) is 25.7 Å². The second kappa shape index (κ2) is 59.8. The first-order valence-electron chi connectivity index (χ1n) is 22.7. The van der Waals surface area contributed by atoms with Crippen LogP contribution in [0.5, 0.6) is 0 Å². The van der Waals surface area contributed by atoms with Gasteiger partial charge in [0.1, 0.15) is 6.33 Å². The number of hydrogen-bond acceptors (Lipinski definition) is 23. The quantitative estimate of drug-likeness (QED) is 0.139. The van der Waals surface area contributed by atoms with Crippen molar-refractivity contribution >= 4 is 43.5 Å². The van der Waals surface area contributed by atoms with E-state index in [2.05, 4.69) is 116 Å². The standard InChI is InChI=1S/C6H6.C5H5N.3C4H4N2.5C4H5N.2C3H4N2.C2H2N2O.CH2N4/c2*1-2-4-6-5-3-1;1-2-6-4-3-5-1;1-2-5-4-6-3-1;1-2-4-6-5-3-1;7*1-2-4-5-3-1;1-3-4-2-5-1;1-2-4-5-3-1/h1-6H;1-5H;3*1-4H;3*1,3-4H,2H2;2*1-3H,4H2;2-3H,1H2;1-2H,3H2;1-2H;1H2. The molecular formula is C52H60N22O. The molecule has 384 valence electrons. The lowest BCUT2D eigenvalue weighted by atomic mass is 10.4. The molecule has 75 heavy (non-hydrogen) atoms. The number of benzene rings is 1. The van der Waals surface area contributed by atoms with Crippen LogP contribution in [0, 0.1) is 0 Å². The second-order valence-corrected chi connectivity index (χ2v) is 12.5. The number of pyridine rings is 1. The summed E-state index contributed by atoms with van der Waals surface area (Å²) in [5.41, 5.74) is 0. The van der Waals surface area contributed by atoms with Crippen LogP contribution in [0.3, 0.4) is 0 Å². The van der Waals surface area contributed by atoms with E-state index in [1.165, 1.54) is 19.1 Å². The molecule has 13 heterocycles. The molecule has 0 atom stereocenters. The molecule has 6 aromatic rings. The van der Waals surface area contributed by atoms with E-state index >= 15 is 0 Å². The summed E-state index contributed by atoms with van der Waals surface area (Å²) in [5, 5.41) is 40.9. The molecule has 0 bridgehead atoms. The van der Waals surface area contributed by atoms with Crippen molar-refractivity contribution in [3.8, 4) is 0 Å². The van der Waals surface area contributed by atoms with E-state index in [0.29, 0.717) is 6.67 Å². The Hall–Kier alpha value is -10.3. The van der Waals surface area contributed by atoms with Gasteiger partial charge in [0.15, 0.2) is 6.67 Å². The fourth-order valence-electron chi connectivity index (χ4n) is 3.73. The Morgan fingerprint density at radius 1 is 0.333 bits per heavy atom. The molecule has 0 N–H and O–H groups in total. The van der Waals surface area contributed by atoms with Crippen molar-refractivity contribution < 1.29 is 4.42 Å². The zero-order valence-corrected chi connectivity index (χ0v) is 41.3. The van der Waals surface area contributed by atoms with Crippen molar-refractivity contribution in [2.45, 2.75) is 25.7 Å². The number of aromatic nitrogens is 9. The maximum absolute atomic E-state index is 4.36. The van der Waals surface area contributed by atoms with Gasteiger partial charge in [0, 0.05) is 156 Å². The first kappa shape index (κ1) is 62.7. The van der Waals surface area contributed by atoms with Gasteiger partial charge in [-0.3, -0.25) is 39.9 Å². The van der Waals surface area contributed by atoms with Crippen molar-refractivity contribution in [2.24, 2.45) is 66.1 Å². The Labute approximate surface area is 437 Å². The summed E-state index contributed by atoms with van der Waals surface area (Å²) in [6.45, 7) is 2.97. The number of aliphatic imine (C=N–C) groups is 5. The smallest absolute Gasteiger partial charge is 0.203 e. The highest BCUT2D eigenvalue weighted by Gasteiger charge is 1.78. The highest BCUT2D eigenvalue weighted by molar-refractivity contribution is 5.82. The van der Waals surface area contributed by atoms with Gasteiger partial charge in [-0.05, 0) is 59.0 Å². The predicted molar refractivity (Wildman–Crippen MR) is 298 cm³/mol. The molecule has 14 rings (SSSR count). The Morgan fingerprint density at radius 3 is 0.933 bits per heavy atom. The van der Waals surface area contributed by atoms with E-state index in [-0.39, 0.29) is 0 Å². The van der Waals surface area contributed by atoms with Crippen LogP contribution in [0.25, 0.3) is 0 Å². The minimum Gasteiger partial charge on any atom is -0.431 e. The SMILES string of the molecule is C1=CCN=C1.C1=CCN=C1.C1=CN=CC1.C1=CN=CC1.C1=CN=CC1.C1=CN=NC1.C1=NN=CC1.C1N=NN=N1.c1ccccc1.c1ccncc1.c1ccnnc1.c1cnccn1.c1cncnc1.c1nnco1. The van der Waals surface area contributed by atoms with Gasteiger partial charge in [-0.25, -0.2) is 9.97 Å². The summed E-state index contributed by atoms with van der Waals surface area (Å²) in [5.74, 6) is 0. The number of rotatable bonds is 0.